The zero-order valence-corrected chi connectivity index (χ0v) is 27.6. The number of hydrogen-bond acceptors (Lipinski definition) is 13. The van der Waals surface area contributed by atoms with Crippen LogP contribution in [0.15, 0.2) is 46.8 Å². The van der Waals surface area contributed by atoms with Gasteiger partial charge in [-0.05, 0) is 21.6 Å². The normalized spacial score (nSPS) is 23.1. The average Bonchev–Trinajstić information content (AvgIpc) is 3.64. The number of nitrogens with zero attached hydrogens (tertiary/aromatic N) is 5. The molecule has 2 fully saturated rings. The van der Waals surface area contributed by atoms with Crippen molar-refractivity contribution in [2.75, 3.05) is 11.5 Å². The summed E-state index contributed by atoms with van der Waals surface area (Å²) in [5.41, 5.74) is 0.564. The minimum Gasteiger partial charge on any atom is -0.547 e. The van der Waals surface area contributed by atoms with Gasteiger partial charge in [-0.2, -0.15) is 0 Å². The molecule has 41 heavy (non-hydrogen) atoms. The van der Waals surface area contributed by atoms with E-state index in [-0.39, 0.29) is 76.3 Å². The smallest absolute Gasteiger partial charge is 0.547 e. The molecule has 1 aromatic carbocycles. The minimum absolute atomic E-state index is 0. The number of nitrogens with one attached hydrogen (secondary N) is 2. The maximum absolute atomic E-state index is 13.3. The number of carboxylic acid groups (broad SMARTS) is 2. The summed E-state index contributed by atoms with van der Waals surface area (Å²) in [5.74, 6) is -4.83. The Morgan fingerprint density at radius 3 is 2.46 bits per heavy atom. The molecule has 1 unspecified atom stereocenters. The van der Waals surface area contributed by atoms with E-state index in [4.69, 9.17) is 4.74 Å². The van der Waals surface area contributed by atoms with E-state index in [9.17, 15) is 34.2 Å². The van der Waals surface area contributed by atoms with Gasteiger partial charge in [-0.15, -0.1) is 16.9 Å². The van der Waals surface area contributed by atoms with Gasteiger partial charge in [0, 0.05) is 18.6 Å². The fourth-order valence-corrected chi connectivity index (χ4v) is 6.51. The Bertz CT molecular complexity index is 1390. The Hall–Kier alpha value is -1.96. The van der Waals surface area contributed by atoms with Crippen molar-refractivity contribution in [1.29, 1.82) is 0 Å². The molecule has 0 saturated carbocycles. The van der Waals surface area contributed by atoms with Crippen LogP contribution in [0.1, 0.15) is 11.6 Å². The van der Waals surface area contributed by atoms with Gasteiger partial charge >= 0.3 is 59.1 Å². The second-order valence-corrected chi connectivity index (χ2v) is 10.7. The van der Waals surface area contributed by atoms with E-state index in [1.165, 1.54) is 28.2 Å². The van der Waals surface area contributed by atoms with Crippen molar-refractivity contribution in [2.24, 2.45) is 7.05 Å². The van der Waals surface area contributed by atoms with Gasteiger partial charge in [0.1, 0.15) is 23.6 Å². The van der Waals surface area contributed by atoms with Crippen molar-refractivity contribution in [3.8, 4) is 0 Å². The summed E-state index contributed by atoms with van der Waals surface area (Å²) in [6.07, 6.45) is -2.70. The third-order valence-electron chi connectivity index (χ3n) is 6.16. The van der Waals surface area contributed by atoms with Crippen molar-refractivity contribution in [3.63, 3.8) is 0 Å². The molecule has 1 aromatic heterocycles. The molecule has 0 spiro atoms. The second-order valence-electron chi connectivity index (χ2n) is 8.66. The summed E-state index contributed by atoms with van der Waals surface area (Å²) in [7, 11) is 1.64. The van der Waals surface area contributed by atoms with Gasteiger partial charge in [0.15, 0.2) is 6.10 Å². The molecule has 5 rings (SSSR count). The van der Waals surface area contributed by atoms with Crippen LogP contribution in [0.2, 0.25) is 0 Å². The van der Waals surface area contributed by atoms with E-state index in [0.29, 0.717) is 16.3 Å². The fourth-order valence-electron chi connectivity index (χ4n) is 4.18. The number of benzene rings is 1. The molecule has 0 aliphatic carbocycles. The first kappa shape index (κ1) is 33.5. The van der Waals surface area contributed by atoms with Gasteiger partial charge in [-0.3, -0.25) is 19.3 Å². The molecule has 0 bridgehead atoms. The van der Waals surface area contributed by atoms with Gasteiger partial charge in [-0.1, -0.05) is 42.1 Å². The molecule has 4 heterocycles. The number of aryl methyl sites for hydroxylation is 1. The number of carbonyl (C=O) groups is 5. The second kappa shape index (κ2) is 14.0. The Kier molecular flexibility index (Phi) is 11.5. The monoisotopic (exact) mass is 619 g/mol. The van der Waals surface area contributed by atoms with Gasteiger partial charge in [0.25, 0.3) is 11.8 Å². The molecule has 0 radical (unpaired) electrons. The zero-order valence-electron chi connectivity index (χ0n) is 22.0. The molecule has 19 heteroatoms. The number of hydrogen-bond donors (Lipinski definition) is 2. The topological polar surface area (TPSA) is 215 Å². The molecule has 2 aromatic rings. The third-order valence-corrected chi connectivity index (χ3v) is 8.60. The Morgan fingerprint density at radius 1 is 1.17 bits per heavy atom. The maximum atomic E-state index is 13.3. The maximum Gasteiger partial charge on any atom is 1.00 e. The Balaban J connectivity index is 0.00000231. The number of tetrazole rings is 1. The first-order valence-electron chi connectivity index (χ1n) is 11.4. The summed E-state index contributed by atoms with van der Waals surface area (Å²) in [6.45, 7) is 0. The Labute approximate surface area is 285 Å². The van der Waals surface area contributed by atoms with Gasteiger partial charge in [0.05, 0.1) is 17.6 Å². The molecule has 3 aliphatic heterocycles. The summed E-state index contributed by atoms with van der Waals surface area (Å²) in [6, 6.07) is 5.79. The first-order chi connectivity index (χ1) is 18.7. The van der Waals surface area contributed by atoms with E-state index in [1.807, 2.05) is 0 Å². The molecule has 3 aliphatic rings. The summed E-state index contributed by atoms with van der Waals surface area (Å²) in [5, 5.41) is 38.8. The predicted molar refractivity (Wildman–Crippen MR) is 128 cm³/mol. The largest absolute Gasteiger partial charge is 1.00 e. The molecule has 3 amide bonds. The summed E-state index contributed by atoms with van der Waals surface area (Å²) in [4.78, 5) is 62.8. The molecular formula is C22H19N7Na2O8S2. The predicted octanol–water partition coefficient (Wildman–Crippen LogP) is -9.91. The number of rotatable bonds is 10. The number of epoxide rings is 1. The van der Waals surface area contributed by atoms with Crippen LogP contribution >= 0.6 is 23.5 Å². The van der Waals surface area contributed by atoms with Gasteiger partial charge in [0.2, 0.25) is 11.1 Å². The quantitative estimate of drug-likeness (QED) is 0.110. The number of ether oxygens (including phenoxy) is 1. The van der Waals surface area contributed by atoms with Gasteiger partial charge < -0.3 is 35.2 Å². The number of β-lactam (4-membered cyclic amide) rings is 1. The van der Waals surface area contributed by atoms with Gasteiger partial charge in [-0.25, -0.2) is 4.68 Å². The van der Waals surface area contributed by atoms with Crippen LogP contribution < -0.4 is 80.0 Å². The fraction of sp³-hybridized carbons (Fsp3) is 0.364. The van der Waals surface area contributed by atoms with Crippen LogP contribution in [0.4, 0.5) is 0 Å². The minimum atomic E-state index is -1.55. The average molecular weight is 620 g/mol. The van der Waals surface area contributed by atoms with Crippen LogP contribution in [0.25, 0.3) is 0 Å². The number of amides is 3. The summed E-state index contributed by atoms with van der Waals surface area (Å²) >= 11 is 2.47. The number of carbonyl (C=O) groups excluding carboxylic acids is 5. The summed E-state index contributed by atoms with van der Waals surface area (Å²) < 4.78 is 6.23. The number of thioether (sulfide) groups is 2. The van der Waals surface area contributed by atoms with E-state index in [2.05, 4.69) is 26.2 Å². The molecule has 204 valence electrons. The van der Waals surface area contributed by atoms with Crippen molar-refractivity contribution in [1.82, 2.24) is 35.7 Å². The van der Waals surface area contributed by atoms with Crippen molar-refractivity contribution < 1.29 is 98.0 Å². The van der Waals surface area contributed by atoms with Crippen LogP contribution in [0, 0.1) is 0 Å². The van der Waals surface area contributed by atoms with E-state index in [1.54, 1.807) is 37.4 Å². The van der Waals surface area contributed by atoms with Crippen molar-refractivity contribution >= 4 is 53.2 Å². The number of aliphatic carboxylic acids is 2. The molecular weight excluding hydrogens is 600 g/mol. The standard InChI is InChI=1S/C22H21N7O8S2.2Na/c1-28-22(25-26-27-28)39-8-10-7-38-19-12(18(32)29(19)13(10)20(33)34)24-16(30)11(9-5-3-2-4-6-9)23-17(31)14-15(37-14)21(35)36;;/h2-6,11-12,14-15,19H,7-8H2,1H3,(H,23,31)(H,24,30)(H,33,34)(H,35,36);;/q;2*+1/p-2/t11?,12-,14-,15+,19-;;/m1../s1. The number of fused-ring (bicyclic) bond motifs is 1. The number of carboxylic acids is 2. The SMILES string of the molecule is Cn1nnnc1SCC1=C(C(=O)[O-])N2C(=O)[C@@H](NC(=O)C(NC(=O)[C@@H]3O[C@@H]3C(=O)[O-])c3ccccc3)[C@H]2SC1.[Na+].[Na+]. The molecule has 2 saturated heterocycles. The Morgan fingerprint density at radius 2 is 1.88 bits per heavy atom. The molecule has 15 nitrogen and oxygen atoms in total. The van der Waals surface area contributed by atoms with Crippen LogP contribution in [0.3, 0.4) is 0 Å². The molecule has 2 N–H and O–H groups in total. The van der Waals surface area contributed by atoms with Crippen LogP contribution in [0.5, 0.6) is 0 Å². The van der Waals surface area contributed by atoms with E-state index in [0.717, 1.165) is 4.90 Å². The van der Waals surface area contributed by atoms with Crippen LogP contribution in [-0.4, -0.2) is 89.9 Å². The third kappa shape index (κ3) is 7.00. The van der Waals surface area contributed by atoms with E-state index >= 15 is 0 Å². The molecule has 5 atom stereocenters. The zero-order chi connectivity index (χ0) is 27.8. The number of aromatic nitrogens is 4. The van der Waals surface area contributed by atoms with Crippen molar-refractivity contribution in [3.05, 3.63) is 47.2 Å². The van der Waals surface area contributed by atoms with Crippen molar-refractivity contribution in [2.45, 2.75) is 34.8 Å². The van der Waals surface area contributed by atoms with E-state index < -0.39 is 59.3 Å². The van der Waals surface area contributed by atoms with Crippen LogP contribution in [-0.2, 0) is 35.8 Å². The first-order valence-corrected chi connectivity index (χ1v) is 13.5.